The van der Waals surface area contributed by atoms with Crippen molar-refractivity contribution < 1.29 is 77.3 Å². The van der Waals surface area contributed by atoms with Gasteiger partial charge in [-0.05, 0) is 133 Å². The molecule has 0 saturated carbocycles. The van der Waals surface area contributed by atoms with E-state index < -0.39 is 168 Å². The van der Waals surface area contributed by atoms with E-state index in [0.717, 1.165) is 0 Å². The van der Waals surface area contributed by atoms with Gasteiger partial charge >= 0.3 is 5.97 Å². The topological polar surface area (TPSA) is 633 Å². The first-order valence-corrected chi connectivity index (χ1v) is 38.2. The number of H-pyrrole nitrogens is 1. The van der Waals surface area contributed by atoms with Gasteiger partial charge in [0.15, 0.2) is 11.9 Å². The van der Waals surface area contributed by atoms with Gasteiger partial charge in [0.2, 0.25) is 76.8 Å². The molecule has 13 amide bonds. The number of primary amides is 1. The first kappa shape index (κ1) is 89.4. The number of benzene rings is 1. The van der Waals surface area contributed by atoms with Crippen LogP contribution in [0.3, 0.4) is 0 Å². The highest BCUT2D eigenvalue weighted by molar-refractivity contribution is 7.98. The van der Waals surface area contributed by atoms with Crippen molar-refractivity contribution in [3.8, 4) is 0 Å². The van der Waals surface area contributed by atoms with E-state index in [9.17, 15) is 77.3 Å². The minimum atomic E-state index is -1.78. The summed E-state index contributed by atoms with van der Waals surface area (Å²) in [5.74, 6) is -11.6. The Bertz CT molecular complexity index is 3460. The van der Waals surface area contributed by atoms with Crippen molar-refractivity contribution in [2.24, 2.45) is 56.0 Å². The summed E-state index contributed by atoms with van der Waals surface area (Å²) >= 11 is 1.42. The van der Waals surface area contributed by atoms with Crippen molar-refractivity contribution in [1.82, 2.24) is 72.5 Å². The van der Waals surface area contributed by atoms with Crippen LogP contribution in [-0.4, -0.2) is 266 Å². The van der Waals surface area contributed by atoms with Gasteiger partial charge in [-0.15, -0.1) is 0 Å². The summed E-state index contributed by atoms with van der Waals surface area (Å²) in [5, 5.41) is 44.4. The number of aliphatic hydroxyl groups is 1. The Balaban J connectivity index is 1.27. The van der Waals surface area contributed by atoms with Crippen molar-refractivity contribution in [1.29, 1.82) is 0 Å². The van der Waals surface area contributed by atoms with E-state index in [1.807, 2.05) is 6.26 Å². The number of aliphatic carboxylic acids is 1. The van der Waals surface area contributed by atoms with Gasteiger partial charge < -0.3 is 118 Å². The number of aliphatic hydroxyl groups excluding tert-OH is 1. The highest BCUT2D eigenvalue weighted by Gasteiger charge is 2.43. The highest BCUT2D eigenvalue weighted by Crippen LogP contribution is 2.24. The molecule has 3 aliphatic heterocycles. The Morgan fingerprint density at radius 2 is 1.05 bits per heavy atom. The van der Waals surface area contributed by atoms with E-state index in [1.165, 1.54) is 39.0 Å². The Morgan fingerprint density at radius 1 is 0.569 bits per heavy atom. The van der Waals surface area contributed by atoms with Crippen molar-refractivity contribution >= 4 is 106 Å². The normalized spacial score (nSPS) is 17.8. The van der Waals surface area contributed by atoms with Gasteiger partial charge in [0.25, 0.3) is 0 Å². The van der Waals surface area contributed by atoms with Gasteiger partial charge in [0, 0.05) is 63.9 Å². The zero-order valence-electron chi connectivity index (χ0n) is 62.1. The van der Waals surface area contributed by atoms with Gasteiger partial charge in [-0.25, -0.2) is 9.78 Å². The number of imidazole rings is 1. The van der Waals surface area contributed by atoms with Crippen LogP contribution in [0.25, 0.3) is 0 Å². The first-order chi connectivity index (χ1) is 52.0. The number of rotatable bonds is 47. The molecule has 2 aromatic rings. The molecule has 39 nitrogen and oxygen atoms in total. The molecule has 109 heavy (non-hydrogen) atoms. The number of nitrogens with zero attached hydrogens (tertiary/aromatic N) is 6. The fraction of sp³-hybridized carbons (Fsp3) is 0.638. The number of hydrogen-bond donors (Lipinski definition) is 19. The van der Waals surface area contributed by atoms with Crippen LogP contribution in [0.5, 0.6) is 0 Å². The van der Waals surface area contributed by atoms with Crippen LogP contribution < -0.4 is 88.0 Å². The maximum absolute atomic E-state index is 14.5. The van der Waals surface area contributed by atoms with Crippen LogP contribution in [0.4, 0.5) is 0 Å². The quantitative estimate of drug-likeness (QED) is 0.0167. The minimum absolute atomic E-state index is 0.00202. The Morgan fingerprint density at radius 3 is 1.58 bits per heavy atom. The predicted octanol–water partition coefficient (Wildman–Crippen LogP) is -6.13. The van der Waals surface area contributed by atoms with Crippen LogP contribution in [0.15, 0.2) is 52.8 Å². The van der Waals surface area contributed by atoms with Gasteiger partial charge in [0.05, 0.1) is 25.5 Å². The van der Waals surface area contributed by atoms with E-state index in [2.05, 4.69) is 67.8 Å². The fourth-order valence-electron chi connectivity index (χ4n) is 12.9. The second-order valence-electron chi connectivity index (χ2n) is 27.5. The second kappa shape index (κ2) is 46.2. The number of aliphatic imine (C=N–C) groups is 2. The predicted molar refractivity (Wildman–Crippen MR) is 401 cm³/mol. The van der Waals surface area contributed by atoms with Crippen LogP contribution >= 0.6 is 11.8 Å². The number of nitrogens with one attached hydrogen (secondary N) is 10. The number of hydrogen-bond acceptors (Lipinski definition) is 21. The third-order valence-electron chi connectivity index (χ3n) is 18.6. The number of carboxylic acid groups (broad SMARTS) is 1. The zero-order chi connectivity index (χ0) is 80.3. The Kier molecular flexibility index (Phi) is 37.9. The number of carbonyl (C=O) groups is 14. The lowest BCUT2D eigenvalue weighted by molar-refractivity contribution is -0.145. The molecule has 0 radical (unpaired) electrons. The SMILES string of the molecule is CSCC[C@@H](NC(=O)[C@H]1CCCN1C(=O)CNC(=O)[C@@H](CCCCN)NC(=O)[C@H](Cc1cnc[nH]1)NC(=O)[C@H](CO)NC(=O)[C@H](CC(C)C)NC(=O)[C@H](CCCN=C(N)N)NC(=O)[C@H]1CCCN1C(=O)[C@H](CCCN=C(N)N)NC(=O)[C@@H](N)CCC(N)=O)C(=O)N1CCC[C@H]1C(=O)N[C@H](Cc1ccccc1)C(=O)O. The minimum Gasteiger partial charge on any atom is -0.480 e. The van der Waals surface area contributed by atoms with Crippen molar-refractivity contribution in [3.05, 3.63) is 54.1 Å². The first-order valence-electron chi connectivity index (χ1n) is 36.8. The van der Waals surface area contributed by atoms with Gasteiger partial charge in [-0.2, -0.15) is 11.8 Å². The lowest BCUT2D eigenvalue weighted by atomic mass is 10.0. The van der Waals surface area contributed by atoms with Crippen molar-refractivity contribution in [3.63, 3.8) is 0 Å². The molecule has 0 unspecified atom stereocenters. The van der Waals surface area contributed by atoms with E-state index in [1.54, 1.807) is 44.2 Å². The number of thioether (sulfide) groups is 1. The number of aromatic nitrogens is 2. The molecule has 26 N–H and O–H groups in total. The largest absolute Gasteiger partial charge is 0.480 e. The molecular weight excluding hydrogens is 1440 g/mol. The molecule has 5 rings (SSSR count). The molecule has 1 aromatic carbocycles. The number of nitrogens with two attached hydrogens (primary N) is 7. The third kappa shape index (κ3) is 29.7. The lowest BCUT2D eigenvalue weighted by Gasteiger charge is -2.31. The van der Waals surface area contributed by atoms with Crippen molar-refractivity contribution in [2.75, 3.05) is 64.4 Å². The average Bonchev–Trinajstić information content (AvgIpc) is 1.76. The molecule has 3 aliphatic rings. The van der Waals surface area contributed by atoms with E-state index in [-0.39, 0.29) is 147 Å². The molecule has 3 fully saturated rings. The molecule has 0 spiro atoms. The standard InChI is InChI=1S/C69H111N23O16S/c1-39(2)32-47(86-58(98)44(17-9-26-78-68(73)74)83-63(103)52-20-12-29-91(52)65(105)45(18-10-27-79-69(75)76)84-56(96)42(71)22-23-54(72)94)59(99)89-50(37-93)61(101)87-48(34-41-35-77-38-81-41)60(100)82-43(16-7-8-25-70)57(97)80-36-55(95)90-28-11-19-51(90)62(102)85-46(24-31-109-3)66(106)92-30-13-21-53(92)64(104)88-49(67(107)108)33-40-14-5-4-6-15-40/h4-6,14-15,35,38-39,42-53,93H,7-13,16-34,36-37,70-71H2,1-3H3,(H2,72,94)(H,77,81)(H,80,97)(H,82,100)(H,83,103)(H,84,96)(H,85,102)(H,86,98)(H,87,101)(H,88,104)(H,89,99)(H,107,108)(H4,73,74,78)(H4,75,76,79)/t42-,43+,44-,45-,46+,47-,48-,49+,50-,51+,52+,53-/m0/s1. The summed E-state index contributed by atoms with van der Waals surface area (Å²) in [6.45, 7) is 2.46. The number of aromatic amines is 1. The average molecular weight is 1550 g/mol. The molecule has 1 aromatic heterocycles. The van der Waals surface area contributed by atoms with E-state index >= 15 is 0 Å². The zero-order valence-corrected chi connectivity index (χ0v) is 62.9. The summed E-state index contributed by atoms with van der Waals surface area (Å²) < 4.78 is 0. The van der Waals surface area contributed by atoms with Crippen LogP contribution in [-0.2, 0) is 80.0 Å². The number of unbranched alkanes of at least 4 members (excludes halogenated alkanes) is 1. The number of carbonyl (C=O) groups excluding carboxylic acids is 13. The summed E-state index contributed by atoms with van der Waals surface area (Å²) in [4.78, 5) is 212. The molecule has 604 valence electrons. The summed E-state index contributed by atoms with van der Waals surface area (Å²) in [7, 11) is 0. The van der Waals surface area contributed by atoms with Crippen LogP contribution in [0.1, 0.15) is 134 Å². The number of likely N-dealkylation sites (tertiary alicyclic amines) is 3. The van der Waals surface area contributed by atoms with Crippen LogP contribution in [0.2, 0.25) is 0 Å². The summed E-state index contributed by atoms with van der Waals surface area (Å²) in [6, 6.07) is -6.85. The maximum Gasteiger partial charge on any atom is 0.326 e. The molecule has 4 heterocycles. The van der Waals surface area contributed by atoms with Gasteiger partial charge in [0.1, 0.15) is 66.5 Å². The summed E-state index contributed by atoms with van der Waals surface area (Å²) in [5.41, 5.74) is 40.2. The van der Waals surface area contributed by atoms with Gasteiger partial charge in [-0.1, -0.05) is 44.2 Å². The lowest BCUT2D eigenvalue weighted by Crippen LogP contribution is -2.61. The smallest absolute Gasteiger partial charge is 0.326 e. The number of amides is 13. The second-order valence-corrected chi connectivity index (χ2v) is 28.5. The van der Waals surface area contributed by atoms with E-state index in [4.69, 9.17) is 40.1 Å². The molecule has 0 aliphatic carbocycles. The Labute approximate surface area is 636 Å². The number of guanidine groups is 2. The van der Waals surface area contributed by atoms with Crippen molar-refractivity contribution in [2.45, 2.75) is 208 Å². The monoisotopic (exact) mass is 1550 g/mol. The summed E-state index contributed by atoms with van der Waals surface area (Å²) in [6.07, 6.45) is 6.69. The third-order valence-corrected chi connectivity index (χ3v) is 19.3. The van der Waals surface area contributed by atoms with Crippen LogP contribution in [0, 0.1) is 5.92 Å². The van der Waals surface area contributed by atoms with E-state index in [0.29, 0.717) is 49.1 Å². The molecule has 12 atom stereocenters. The molecule has 3 saturated heterocycles. The number of carboxylic acids is 1. The molecule has 40 heteroatoms. The van der Waals surface area contributed by atoms with Gasteiger partial charge in [-0.3, -0.25) is 72.3 Å². The fourth-order valence-corrected chi connectivity index (χ4v) is 13.4. The molecular formula is C69H111N23O16S. The highest BCUT2D eigenvalue weighted by atomic mass is 32.2. The Hall–Kier alpha value is -10.2. The molecule has 0 bridgehead atoms. The maximum atomic E-state index is 14.5.